The molecule has 0 aliphatic heterocycles. The predicted octanol–water partition coefficient (Wildman–Crippen LogP) is 2.72. The van der Waals surface area contributed by atoms with Crippen molar-refractivity contribution >= 4 is 11.8 Å². The lowest BCUT2D eigenvalue weighted by atomic mass is 9.96. The Balaban J connectivity index is 2.53. The van der Waals surface area contributed by atoms with E-state index in [0.717, 1.165) is 19.3 Å². The third-order valence-corrected chi connectivity index (χ3v) is 3.01. The maximum atomic E-state index is 11.7. The van der Waals surface area contributed by atoms with Gasteiger partial charge in [-0.05, 0) is 47.0 Å². The topological polar surface area (TPSA) is 43.4 Å². The number of carbonyl (C=O) groups excluding carboxylic acids is 2. The molecule has 0 amide bonds. The molecule has 0 aromatic rings. The summed E-state index contributed by atoms with van der Waals surface area (Å²) in [6, 6.07) is 0. The van der Waals surface area contributed by atoms with E-state index in [0.29, 0.717) is 6.42 Å². The molecule has 0 spiro atoms. The zero-order valence-corrected chi connectivity index (χ0v) is 10.7. The SMILES string of the molecule is CC(=O)C[C@H]1CCC[C@H]1OC(=O)C(C)(C)C. The third kappa shape index (κ3) is 3.62. The zero-order chi connectivity index (χ0) is 12.3. The number of carbonyl (C=O) groups is 2. The van der Waals surface area contributed by atoms with E-state index in [1.54, 1.807) is 6.92 Å². The van der Waals surface area contributed by atoms with Gasteiger partial charge in [0.15, 0.2) is 0 Å². The summed E-state index contributed by atoms with van der Waals surface area (Å²) in [6.45, 7) is 7.15. The van der Waals surface area contributed by atoms with Crippen LogP contribution in [0.25, 0.3) is 0 Å². The van der Waals surface area contributed by atoms with E-state index < -0.39 is 5.41 Å². The summed E-state index contributed by atoms with van der Waals surface area (Å²) in [7, 11) is 0. The van der Waals surface area contributed by atoms with Crippen molar-refractivity contribution in [2.45, 2.75) is 59.5 Å². The first-order valence-corrected chi connectivity index (χ1v) is 6.01. The lowest BCUT2D eigenvalue weighted by Gasteiger charge is -2.24. The Morgan fingerprint density at radius 3 is 2.38 bits per heavy atom. The van der Waals surface area contributed by atoms with Crippen LogP contribution in [0.4, 0.5) is 0 Å². The van der Waals surface area contributed by atoms with Gasteiger partial charge >= 0.3 is 5.97 Å². The van der Waals surface area contributed by atoms with E-state index in [4.69, 9.17) is 4.74 Å². The van der Waals surface area contributed by atoms with Crippen LogP contribution < -0.4 is 0 Å². The molecule has 0 heterocycles. The molecular formula is C13H22O3. The molecule has 1 aliphatic rings. The molecule has 0 saturated heterocycles. The van der Waals surface area contributed by atoms with Crippen LogP contribution in [0.1, 0.15) is 53.4 Å². The van der Waals surface area contributed by atoms with Gasteiger partial charge in [-0.2, -0.15) is 0 Å². The first-order valence-electron chi connectivity index (χ1n) is 6.01. The molecule has 0 N–H and O–H groups in total. The average Bonchev–Trinajstić information content (AvgIpc) is 2.50. The molecule has 3 nitrogen and oxygen atoms in total. The molecule has 16 heavy (non-hydrogen) atoms. The van der Waals surface area contributed by atoms with Gasteiger partial charge in [0.1, 0.15) is 11.9 Å². The van der Waals surface area contributed by atoms with Crippen LogP contribution in [0, 0.1) is 11.3 Å². The summed E-state index contributed by atoms with van der Waals surface area (Å²) in [5.74, 6) is 0.264. The Kier molecular flexibility index (Phi) is 4.11. The second-order valence-corrected chi connectivity index (χ2v) is 5.79. The Morgan fingerprint density at radius 2 is 1.88 bits per heavy atom. The van der Waals surface area contributed by atoms with Gasteiger partial charge in [0.25, 0.3) is 0 Å². The van der Waals surface area contributed by atoms with Crippen molar-refractivity contribution in [1.29, 1.82) is 0 Å². The summed E-state index contributed by atoms with van der Waals surface area (Å²) in [5.41, 5.74) is -0.455. The van der Waals surface area contributed by atoms with E-state index in [2.05, 4.69) is 0 Å². The highest BCUT2D eigenvalue weighted by atomic mass is 16.5. The smallest absolute Gasteiger partial charge is 0.311 e. The van der Waals surface area contributed by atoms with Crippen molar-refractivity contribution in [2.75, 3.05) is 0 Å². The van der Waals surface area contributed by atoms with Gasteiger partial charge < -0.3 is 9.53 Å². The monoisotopic (exact) mass is 226 g/mol. The van der Waals surface area contributed by atoms with Crippen LogP contribution in [-0.2, 0) is 14.3 Å². The van der Waals surface area contributed by atoms with Gasteiger partial charge in [-0.25, -0.2) is 0 Å². The molecule has 0 aromatic heterocycles. The van der Waals surface area contributed by atoms with Gasteiger partial charge in [0, 0.05) is 12.3 Å². The number of ether oxygens (including phenoxy) is 1. The Labute approximate surface area is 97.5 Å². The lowest BCUT2D eigenvalue weighted by molar-refractivity contribution is -0.160. The number of ketones is 1. The molecule has 0 unspecified atom stereocenters. The molecule has 92 valence electrons. The highest BCUT2D eigenvalue weighted by Gasteiger charge is 2.34. The molecule has 1 fully saturated rings. The van der Waals surface area contributed by atoms with Crippen molar-refractivity contribution < 1.29 is 14.3 Å². The summed E-state index contributed by atoms with van der Waals surface area (Å²) in [4.78, 5) is 22.8. The number of esters is 1. The normalized spacial score (nSPS) is 25.5. The number of Topliss-reactive ketones (excluding diaryl/α,β-unsaturated/α-hetero) is 1. The molecule has 3 heteroatoms. The van der Waals surface area contributed by atoms with Crippen molar-refractivity contribution in [3.05, 3.63) is 0 Å². The first kappa shape index (κ1) is 13.2. The second-order valence-electron chi connectivity index (χ2n) is 5.79. The fourth-order valence-corrected chi connectivity index (χ4v) is 2.07. The summed E-state index contributed by atoms with van der Waals surface area (Å²) >= 11 is 0. The Hall–Kier alpha value is -0.860. The molecule has 0 radical (unpaired) electrons. The molecule has 2 atom stereocenters. The maximum absolute atomic E-state index is 11.7. The van der Waals surface area contributed by atoms with E-state index in [-0.39, 0.29) is 23.8 Å². The number of rotatable bonds is 3. The highest BCUT2D eigenvalue weighted by Crippen LogP contribution is 2.32. The van der Waals surface area contributed by atoms with E-state index in [9.17, 15) is 9.59 Å². The minimum absolute atomic E-state index is 0.0457. The van der Waals surface area contributed by atoms with Crippen LogP contribution >= 0.6 is 0 Å². The molecule has 0 bridgehead atoms. The fourth-order valence-electron chi connectivity index (χ4n) is 2.07. The maximum Gasteiger partial charge on any atom is 0.311 e. The van der Waals surface area contributed by atoms with Gasteiger partial charge in [0.05, 0.1) is 5.41 Å². The van der Waals surface area contributed by atoms with Crippen LogP contribution in [0.2, 0.25) is 0 Å². The van der Waals surface area contributed by atoms with Gasteiger partial charge in [-0.1, -0.05) is 0 Å². The minimum atomic E-state index is -0.455. The summed E-state index contributed by atoms with van der Waals surface area (Å²) < 4.78 is 5.50. The van der Waals surface area contributed by atoms with Gasteiger partial charge in [-0.3, -0.25) is 4.79 Å². The average molecular weight is 226 g/mol. The molecular weight excluding hydrogens is 204 g/mol. The zero-order valence-electron chi connectivity index (χ0n) is 10.7. The van der Waals surface area contributed by atoms with Crippen LogP contribution in [0.5, 0.6) is 0 Å². The van der Waals surface area contributed by atoms with Gasteiger partial charge in [0.2, 0.25) is 0 Å². The fraction of sp³-hybridized carbons (Fsp3) is 0.846. The standard InChI is InChI=1S/C13H22O3/c1-9(14)8-10-6-5-7-11(10)16-12(15)13(2,3)4/h10-11H,5-8H2,1-4H3/t10-,11-/m1/s1. The minimum Gasteiger partial charge on any atom is -0.462 e. The van der Waals surface area contributed by atoms with Gasteiger partial charge in [-0.15, -0.1) is 0 Å². The first-order chi connectivity index (χ1) is 7.30. The van der Waals surface area contributed by atoms with Crippen molar-refractivity contribution in [3.63, 3.8) is 0 Å². The molecule has 1 rings (SSSR count). The van der Waals surface area contributed by atoms with Crippen LogP contribution in [-0.4, -0.2) is 17.9 Å². The van der Waals surface area contributed by atoms with E-state index in [1.165, 1.54) is 0 Å². The molecule has 1 aliphatic carbocycles. The second kappa shape index (κ2) is 4.98. The predicted molar refractivity (Wildman–Crippen MR) is 62.0 cm³/mol. The van der Waals surface area contributed by atoms with Crippen LogP contribution in [0.3, 0.4) is 0 Å². The number of hydrogen-bond donors (Lipinski definition) is 0. The third-order valence-electron chi connectivity index (χ3n) is 3.01. The van der Waals surface area contributed by atoms with E-state index in [1.807, 2.05) is 20.8 Å². The molecule has 0 aromatic carbocycles. The lowest BCUT2D eigenvalue weighted by Crippen LogP contribution is -2.30. The Morgan fingerprint density at radius 1 is 1.25 bits per heavy atom. The molecule has 1 saturated carbocycles. The Bertz CT molecular complexity index is 275. The van der Waals surface area contributed by atoms with Crippen molar-refractivity contribution in [3.8, 4) is 0 Å². The summed E-state index contributed by atoms with van der Waals surface area (Å²) in [6.07, 6.45) is 3.46. The van der Waals surface area contributed by atoms with Crippen molar-refractivity contribution in [2.24, 2.45) is 11.3 Å². The number of hydrogen-bond acceptors (Lipinski definition) is 3. The largest absolute Gasteiger partial charge is 0.462 e. The highest BCUT2D eigenvalue weighted by molar-refractivity contribution is 5.77. The quantitative estimate of drug-likeness (QED) is 0.695. The van der Waals surface area contributed by atoms with Crippen molar-refractivity contribution in [1.82, 2.24) is 0 Å². The van der Waals surface area contributed by atoms with E-state index >= 15 is 0 Å². The van der Waals surface area contributed by atoms with Crippen LogP contribution in [0.15, 0.2) is 0 Å². The summed E-state index contributed by atoms with van der Waals surface area (Å²) in [5, 5.41) is 0.